The summed E-state index contributed by atoms with van der Waals surface area (Å²) in [6.45, 7) is 8.18. The smallest absolute Gasteiger partial charge is 0.0233 e. The SMILES string of the molecule is CC(C)N1CCC2(C=CC=C2)C1C. The van der Waals surface area contributed by atoms with Gasteiger partial charge in [0.05, 0.1) is 0 Å². The predicted molar refractivity (Wildman–Crippen MR) is 56.6 cm³/mol. The average Bonchev–Trinajstić information content (AvgIpc) is 2.64. The van der Waals surface area contributed by atoms with Gasteiger partial charge in [0.15, 0.2) is 0 Å². The second kappa shape index (κ2) is 2.98. The quantitative estimate of drug-likeness (QED) is 0.595. The molecule has 0 aromatic rings. The molecule has 1 heteroatoms. The van der Waals surface area contributed by atoms with Crippen molar-refractivity contribution in [1.29, 1.82) is 0 Å². The highest BCUT2D eigenvalue weighted by Gasteiger charge is 2.42. The van der Waals surface area contributed by atoms with Crippen molar-refractivity contribution < 1.29 is 0 Å². The maximum Gasteiger partial charge on any atom is 0.0233 e. The van der Waals surface area contributed by atoms with Gasteiger partial charge in [-0.1, -0.05) is 24.3 Å². The molecule has 0 amide bonds. The highest BCUT2D eigenvalue weighted by molar-refractivity contribution is 5.29. The van der Waals surface area contributed by atoms with Crippen molar-refractivity contribution in [1.82, 2.24) is 4.90 Å². The van der Waals surface area contributed by atoms with Crippen molar-refractivity contribution in [2.24, 2.45) is 5.41 Å². The van der Waals surface area contributed by atoms with Crippen molar-refractivity contribution in [2.75, 3.05) is 6.54 Å². The van der Waals surface area contributed by atoms with E-state index in [-0.39, 0.29) is 0 Å². The monoisotopic (exact) mass is 177 g/mol. The summed E-state index contributed by atoms with van der Waals surface area (Å²) < 4.78 is 0. The number of likely N-dealkylation sites (tertiary alicyclic amines) is 1. The van der Waals surface area contributed by atoms with Crippen molar-refractivity contribution in [3.63, 3.8) is 0 Å². The third kappa shape index (κ3) is 1.26. The van der Waals surface area contributed by atoms with Crippen LogP contribution >= 0.6 is 0 Å². The van der Waals surface area contributed by atoms with Crippen LogP contribution in [0.15, 0.2) is 24.3 Å². The summed E-state index contributed by atoms with van der Waals surface area (Å²) in [4.78, 5) is 2.60. The zero-order chi connectivity index (χ0) is 9.47. The molecule has 1 atom stereocenters. The van der Waals surface area contributed by atoms with Crippen molar-refractivity contribution in [2.45, 2.75) is 39.3 Å². The Morgan fingerprint density at radius 3 is 2.38 bits per heavy atom. The fraction of sp³-hybridized carbons (Fsp3) is 0.667. The first-order chi connectivity index (χ1) is 6.16. The van der Waals surface area contributed by atoms with Crippen LogP contribution in [0.1, 0.15) is 27.2 Å². The summed E-state index contributed by atoms with van der Waals surface area (Å²) >= 11 is 0. The van der Waals surface area contributed by atoms with Crippen LogP contribution in [-0.4, -0.2) is 23.5 Å². The molecule has 2 aliphatic rings. The Kier molecular flexibility index (Phi) is 2.07. The van der Waals surface area contributed by atoms with Gasteiger partial charge >= 0.3 is 0 Å². The van der Waals surface area contributed by atoms with E-state index in [0.717, 1.165) is 0 Å². The van der Waals surface area contributed by atoms with Gasteiger partial charge in [-0.05, 0) is 33.7 Å². The van der Waals surface area contributed by atoms with E-state index in [0.29, 0.717) is 17.5 Å². The van der Waals surface area contributed by atoms with Gasteiger partial charge in [0, 0.05) is 17.5 Å². The van der Waals surface area contributed by atoms with Crippen LogP contribution in [0.25, 0.3) is 0 Å². The fourth-order valence-electron chi connectivity index (χ4n) is 2.71. The molecule has 1 fully saturated rings. The Balaban J connectivity index is 2.19. The molecular formula is C12H19N. The predicted octanol–water partition coefficient (Wildman–Crippen LogP) is 2.60. The van der Waals surface area contributed by atoms with Crippen LogP contribution in [0.5, 0.6) is 0 Å². The van der Waals surface area contributed by atoms with Crippen LogP contribution < -0.4 is 0 Å². The second-order valence-electron chi connectivity index (χ2n) is 4.59. The summed E-state index contributed by atoms with van der Waals surface area (Å²) in [6.07, 6.45) is 10.4. The molecule has 13 heavy (non-hydrogen) atoms. The van der Waals surface area contributed by atoms with Gasteiger partial charge in [0.2, 0.25) is 0 Å². The van der Waals surface area contributed by atoms with Crippen LogP contribution in [-0.2, 0) is 0 Å². The normalized spacial score (nSPS) is 31.2. The molecular weight excluding hydrogens is 158 g/mol. The zero-order valence-corrected chi connectivity index (χ0v) is 8.83. The minimum atomic E-state index is 0.365. The maximum atomic E-state index is 2.60. The Bertz CT molecular complexity index is 238. The fourth-order valence-corrected chi connectivity index (χ4v) is 2.71. The largest absolute Gasteiger partial charge is 0.297 e. The van der Waals surface area contributed by atoms with E-state index in [2.05, 4.69) is 50.0 Å². The van der Waals surface area contributed by atoms with E-state index in [1.54, 1.807) is 0 Å². The zero-order valence-electron chi connectivity index (χ0n) is 8.83. The summed E-state index contributed by atoms with van der Waals surface area (Å²) in [6, 6.07) is 1.35. The highest BCUT2D eigenvalue weighted by atomic mass is 15.2. The van der Waals surface area contributed by atoms with Crippen molar-refractivity contribution in [3.05, 3.63) is 24.3 Å². The lowest BCUT2D eigenvalue weighted by molar-refractivity contribution is 0.187. The topological polar surface area (TPSA) is 3.24 Å². The van der Waals surface area contributed by atoms with E-state index in [9.17, 15) is 0 Å². The van der Waals surface area contributed by atoms with Gasteiger partial charge in [-0.2, -0.15) is 0 Å². The lowest BCUT2D eigenvalue weighted by Crippen LogP contribution is -2.38. The third-order valence-electron chi connectivity index (χ3n) is 3.67. The molecule has 1 aliphatic heterocycles. The lowest BCUT2D eigenvalue weighted by atomic mass is 9.83. The molecule has 0 aromatic carbocycles. The Labute approximate surface area is 81.1 Å². The van der Waals surface area contributed by atoms with Crippen molar-refractivity contribution >= 4 is 0 Å². The van der Waals surface area contributed by atoms with E-state index in [1.165, 1.54) is 13.0 Å². The number of hydrogen-bond acceptors (Lipinski definition) is 1. The van der Waals surface area contributed by atoms with E-state index >= 15 is 0 Å². The summed E-state index contributed by atoms with van der Waals surface area (Å²) in [5.74, 6) is 0. The minimum absolute atomic E-state index is 0.365. The number of allylic oxidation sites excluding steroid dienone is 2. The molecule has 1 spiro atoms. The maximum absolute atomic E-state index is 2.60. The highest BCUT2D eigenvalue weighted by Crippen LogP contribution is 2.42. The van der Waals surface area contributed by atoms with Crippen LogP contribution in [0.2, 0.25) is 0 Å². The van der Waals surface area contributed by atoms with Crippen LogP contribution in [0.4, 0.5) is 0 Å². The Morgan fingerprint density at radius 2 is 1.92 bits per heavy atom. The number of hydrogen-bond donors (Lipinski definition) is 0. The molecule has 2 rings (SSSR count). The molecule has 0 aromatic heterocycles. The first-order valence-electron chi connectivity index (χ1n) is 5.28. The molecule has 1 unspecified atom stereocenters. The first kappa shape index (κ1) is 9.01. The summed E-state index contributed by atoms with van der Waals surface area (Å²) in [7, 11) is 0. The van der Waals surface area contributed by atoms with Gasteiger partial charge in [0.25, 0.3) is 0 Å². The third-order valence-corrected chi connectivity index (χ3v) is 3.67. The first-order valence-corrected chi connectivity index (χ1v) is 5.28. The molecule has 0 radical (unpaired) electrons. The van der Waals surface area contributed by atoms with Gasteiger partial charge in [-0.3, -0.25) is 4.90 Å². The number of rotatable bonds is 1. The summed E-state index contributed by atoms with van der Waals surface area (Å²) in [5.41, 5.74) is 0.365. The molecule has 0 N–H and O–H groups in total. The lowest BCUT2D eigenvalue weighted by Gasteiger charge is -2.32. The average molecular weight is 177 g/mol. The molecule has 1 aliphatic carbocycles. The standard InChI is InChI=1S/C12H19N/c1-10(2)13-9-8-12(11(13)3)6-4-5-7-12/h4-7,10-11H,8-9H2,1-3H3. The Hall–Kier alpha value is -0.560. The molecule has 1 heterocycles. The van der Waals surface area contributed by atoms with E-state index < -0.39 is 0 Å². The second-order valence-corrected chi connectivity index (χ2v) is 4.59. The molecule has 1 saturated heterocycles. The molecule has 0 saturated carbocycles. The van der Waals surface area contributed by atoms with E-state index in [1.807, 2.05) is 0 Å². The van der Waals surface area contributed by atoms with Crippen molar-refractivity contribution in [3.8, 4) is 0 Å². The van der Waals surface area contributed by atoms with Gasteiger partial charge in [-0.25, -0.2) is 0 Å². The van der Waals surface area contributed by atoms with Gasteiger partial charge in [-0.15, -0.1) is 0 Å². The van der Waals surface area contributed by atoms with Crippen LogP contribution in [0, 0.1) is 5.41 Å². The summed E-state index contributed by atoms with van der Waals surface area (Å²) in [5, 5.41) is 0. The van der Waals surface area contributed by atoms with Gasteiger partial charge in [0.1, 0.15) is 0 Å². The van der Waals surface area contributed by atoms with Crippen LogP contribution in [0.3, 0.4) is 0 Å². The number of nitrogens with zero attached hydrogens (tertiary/aromatic N) is 1. The molecule has 0 bridgehead atoms. The van der Waals surface area contributed by atoms with Gasteiger partial charge < -0.3 is 0 Å². The minimum Gasteiger partial charge on any atom is -0.297 e. The Morgan fingerprint density at radius 1 is 1.31 bits per heavy atom. The molecule has 72 valence electrons. The molecule has 1 nitrogen and oxygen atoms in total. The van der Waals surface area contributed by atoms with E-state index in [4.69, 9.17) is 0 Å².